The summed E-state index contributed by atoms with van der Waals surface area (Å²) in [6.45, 7) is 5.33. The molecule has 0 saturated carbocycles. The molecule has 0 radical (unpaired) electrons. The summed E-state index contributed by atoms with van der Waals surface area (Å²) in [5, 5.41) is 9.50. The van der Waals surface area contributed by atoms with Crippen LogP contribution >= 0.6 is 11.6 Å². The van der Waals surface area contributed by atoms with Crippen LogP contribution in [0.3, 0.4) is 0 Å². The highest BCUT2D eigenvalue weighted by atomic mass is 35.5. The molecule has 1 heterocycles. The van der Waals surface area contributed by atoms with Crippen molar-refractivity contribution in [3.8, 4) is 6.07 Å². The van der Waals surface area contributed by atoms with Crippen LogP contribution in [0.25, 0.3) is 0 Å². The third-order valence-corrected chi connectivity index (χ3v) is 4.68. The Bertz CT molecular complexity index is 827. The normalized spacial score (nSPS) is 13.5. The number of benzene rings is 1. The fraction of sp³-hybridized carbons (Fsp3) is 0.235. The van der Waals surface area contributed by atoms with E-state index in [1.54, 1.807) is 32.9 Å². The molecule has 0 bridgehead atoms. The fourth-order valence-electron chi connectivity index (χ4n) is 1.86. The van der Waals surface area contributed by atoms with Crippen LogP contribution in [0.2, 0.25) is 5.15 Å². The molecule has 1 atom stereocenters. The van der Waals surface area contributed by atoms with Gasteiger partial charge in [-0.15, -0.1) is 0 Å². The lowest BCUT2D eigenvalue weighted by atomic mass is 9.98. The van der Waals surface area contributed by atoms with Crippen molar-refractivity contribution in [2.24, 2.45) is 4.40 Å². The molecule has 0 amide bonds. The SMILES string of the molecule is CC(C)(C)[S+]([O-])/N=C(\c1ccnc(Cl)c1)c1cccc(F)c1C#N. The molecule has 2 aromatic rings. The van der Waals surface area contributed by atoms with E-state index in [9.17, 15) is 14.2 Å². The van der Waals surface area contributed by atoms with Crippen LogP contribution in [0.4, 0.5) is 4.39 Å². The molecule has 0 fully saturated rings. The van der Waals surface area contributed by atoms with Crippen molar-refractivity contribution in [2.45, 2.75) is 25.5 Å². The molecule has 0 aliphatic rings. The molecule has 1 aromatic heterocycles. The first-order valence-electron chi connectivity index (χ1n) is 7.05. The second kappa shape index (κ2) is 7.31. The Morgan fingerprint density at radius 2 is 2.08 bits per heavy atom. The maximum atomic E-state index is 14.0. The van der Waals surface area contributed by atoms with Crippen molar-refractivity contribution < 1.29 is 8.94 Å². The summed E-state index contributed by atoms with van der Waals surface area (Å²) in [6.07, 6.45) is 1.47. The first-order valence-corrected chi connectivity index (χ1v) is 8.54. The van der Waals surface area contributed by atoms with Crippen LogP contribution in [0.1, 0.15) is 37.5 Å². The lowest BCUT2D eigenvalue weighted by Crippen LogP contribution is -2.27. The van der Waals surface area contributed by atoms with Gasteiger partial charge in [0.2, 0.25) is 0 Å². The molecular weight excluding hydrogens is 349 g/mol. The highest BCUT2D eigenvalue weighted by Crippen LogP contribution is 2.24. The van der Waals surface area contributed by atoms with E-state index in [0.29, 0.717) is 5.56 Å². The van der Waals surface area contributed by atoms with E-state index >= 15 is 0 Å². The maximum Gasteiger partial charge on any atom is 0.144 e. The van der Waals surface area contributed by atoms with Gasteiger partial charge in [-0.3, -0.25) is 0 Å². The van der Waals surface area contributed by atoms with Crippen molar-refractivity contribution in [3.05, 3.63) is 64.2 Å². The molecule has 1 aromatic carbocycles. The highest BCUT2D eigenvalue weighted by molar-refractivity contribution is 7.91. The number of nitrogens with zero attached hydrogens (tertiary/aromatic N) is 3. The van der Waals surface area contributed by atoms with Crippen LogP contribution in [0, 0.1) is 17.1 Å². The van der Waals surface area contributed by atoms with Crippen molar-refractivity contribution in [1.29, 1.82) is 5.26 Å². The lowest BCUT2D eigenvalue weighted by molar-refractivity contribution is 0.561. The fourth-order valence-corrected chi connectivity index (χ4v) is 2.68. The zero-order valence-electron chi connectivity index (χ0n) is 13.4. The van der Waals surface area contributed by atoms with Gasteiger partial charge in [-0.1, -0.05) is 28.1 Å². The zero-order chi connectivity index (χ0) is 17.9. The van der Waals surface area contributed by atoms with E-state index in [1.165, 1.54) is 24.4 Å². The number of pyridine rings is 1. The van der Waals surface area contributed by atoms with Crippen LogP contribution in [0.5, 0.6) is 0 Å². The summed E-state index contributed by atoms with van der Waals surface area (Å²) < 4.78 is 30.1. The zero-order valence-corrected chi connectivity index (χ0v) is 15.0. The number of aromatic nitrogens is 1. The quantitative estimate of drug-likeness (QED) is 0.469. The first-order chi connectivity index (χ1) is 11.2. The third kappa shape index (κ3) is 4.12. The number of hydrogen-bond acceptors (Lipinski definition) is 4. The van der Waals surface area contributed by atoms with Crippen molar-refractivity contribution in [2.75, 3.05) is 0 Å². The van der Waals surface area contributed by atoms with Gasteiger partial charge in [0.15, 0.2) is 0 Å². The number of halogens is 2. The first kappa shape index (κ1) is 18.4. The Labute approximate surface area is 148 Å². The van der Waals surface area contributed by atoms with Crippen molar-refractivity contribution in [3.63, 3.8) is 0 Å². The Kier molecular flexibility index (Phi) is 5.60. The van der Waals surface area contributed by atoms with Gasteiger partial charge in [0.25, 0.3) is 0 Å². The van der Waals surface area contributed by atoms with E-state index in [1.807, 2.05) is 6.07 Å². The van der Waals surface area contributed by atoms with Crippen LogP contribution in [0.15, 0.2) is 40.9 Å². The van der Waals surface area contributed by atoms with E-state index < -0.39 is 21.9 Å². The van der Waals surface area contributed by atoms with Gasteiger partial charge in [-0.25, -0.2) is 9.37 Å². The molecule has 124 valence electrons. The summed E-state index contributed by atoms with van der Waals surface area (Å²) in [5.41, 5.74) is 0.853. The summed E-state index contributed by atoms with van der Waals surface area (Å²) in [5.74, 6) is -0.663. The van der Waals surface area contributed by atoms with Crippen molar-refractivity contribution >= 4 is 28.7 Å². The van der Waals surface area contributed by atoms with Gasteiger partial charge in [0.1, 0.15) is 38.9 Å². The van der Waals surface area contributed by atoms with Gasteiger partial charge in [0.05, 0.1) is 5.56 Å². The summed E-state index contributed by atoms with van der Waals surface area (Å²) in [4.78, 5) is 3.90. The molecule has 0 N–H and O–H groups in total. The van der Waals surface area contributed by atoms with E-state index in [0.717, 1.165) is 0 Å². The molecule has 0 saturated heterocycles. The largest absolute Gasteiger partial charge is 0.591 e. The van der Waals surface area contributed by atoms with E-state index in [4.69, 9.17) is 11.6 Å². The molecule has 7 heteroatoms. The molecule has 0 spiro atoms. The molecule has 24 heavy (non-hydrogen) atoms. The minimum absolute atomic E-state index is 0.157. The van der Waals surface area contributed by atoms with Crippen LogP contribution < -0.4 is 0 Å². The Balaban J connectivity index is 2.72. The van der Waals surface area contributed by atoms with Gasteiger partial charge in [-0.2, -0.15) is 5.26 Å². The molecule has 0 aliphatic carbocycles. The summed E-state index contributed by atoms with van der Waals surface area (Å²) >= 11 is 4.33. The van der Waals surface area contributed by atoms with Gasteiger partial charge < -0.3 is 4.55 Å². The topological polar surface area (TPSA) is 72.1 Å². The molecule has 2 rings (SSSR count). The van der Waals surface area contributed by atoms with Crippen molar-refractivity contribution in [1.82, 2.24) is 4.98 Å². The Hall–Kier alpha value is -1.94. The summed E-state index contributed by atoms with van der Waals surface area (Å²) in [7, 11) is 0. The highest BCUT2D eigenvalue weighted by Gasteiger charge is 2.29. The van der Waals surface area contributed by atoms with Crippen LogP contribution in [-0.4, -0.2) is 20.0 Å². The standard InChI is InChI=1S/C17H15ClFN3OS/c1-17(2,3)24(23)22-16(11-7-8-21-15(18)9-11)12-5-4-6-14(19)13(12)10-20/h4-9H,1-3H3/b22-16+. The monoisotopic (exact) mass is 363 g/mol. The summed E-state index contributed by atoms with van der Waals surface area (Å²) in [6, 6.07) is 9.23. The van der Waals surface area contributed by atoms with Gasteiger partial charge in [0, 0.05) is 17.3 Å². The van der Waals surface area contributed by atoms with Gasteiger partial charge >= 0.3 is 0 Å². The Morgan fingerprint density at radius 1 is 1.38 bits per heavy atom. The predicted octanol–water partition coefficient (Wildman–Crippen LogP) is 4.05. The van der Waals surface area contributed by atoms with E-state index in [2.05, 4.69) is 9.38 Å². The third-order valence-electron chi connectivity index (χ3n) is 3.08. The second-order valence-corrected chi connectivity index (χ2v) is 8.24. The lowest BCUT2D eigenvalue weighted by Gasteiger charge is -2.20. The molecular formula is C17H15ClFN3OS. The molecule has 1 unspecified atom stereocenters. The number of rotatable bonds is 3. The second-order valence-electron chi connectivity index (χ2n) is 5.94. The predicted molar refractivity (Wildman–Crippen MR) is 93.9 cm³/mol. The number of hydrogen-bond donors (Lipinski definition) is 0. The average molecular weight is 364 g/mol. The molecule has 4 nitrogen and oxygen atoms in total. The Morgan fingerprint density at radius 3 is 2.67 bits per heavy atom. The number of nitriles is 1. The maximum absolute atomic E-state index is 14.0. The van der Waals surface area contributed by atoms with Gasteiger partial charge in [-0.05, 0) is 39.0 Å². The minimum atomic E-state index is -1.60. The van der Waals surface area contributed by atoms with Crippen LogP contribution in [-0.2, 0) is 11.4 Å². The molecule has 0 aliphatic heterocycles. The average Bonchev–Trinajstić information content (AvgIpc) is 2.51. The smallest absolute Gasteiger partial charge is 0.144 e. The van der Waals surface area contributed by atoms with E-state index in [-0.39, 0.29) is 22.0 Å². The minimum Gasteiger partial charge on any atom is -0.591 e.